The van der Waals surface area contributed by atoms with Gasteiger partial charge in [0.25, 0.3) is 0 Å². The Morgan fingerprint density at radius 2 is 2.00 bits per heavy atom. The van der Waals surface area contributed by atoms with Crippen molar-refractivity contribution >= 4 is 15.7 Å². The summed E-state index contributed by atoms with van der Waals surface area (Å²) in [5.41, 5.74) is 6.17. The minimum absolute atomic E-state index is 0.00547. The highest BCUT2D eigenvalue weighted by Gasteiger charge is 2.24. The van der Waals surface area contributed by atoms with Gasteiger partial charge in [-0.1, -0.05) is 13.8 Å². The van der Waals surface area contributed by atoms with Gasteiger partial charge in [0.15, 0.2) is 0 Å². The molecule has 1 atom stereocenters. The predicted molar refractivity (Wildman–Crippen MR) is 83.1 cm³/mol. The Bertz CT molecular complexity index is 633. The molecule has 0 aliphatic rings. The number of anilines is 1. The average molecular weight is 310 g/mol. The molecule has 6 nitrogen and oxygen atoms in total. The maximum atomic E-state index is 12.5. The highest BCUT2D eigenvalue weighted by molar-refractivity contribution is 7.89. The van der Waals surface area contributed by atoms with E-state index in [-0.39, 0.29) is 22.5 Å². The Morgan fingerprint density at radius 3 is 2.43 bits per heavy atom. The molecule has 1 unspecified atom stereocenters. The molecule has 1 aromatic carbocycles. The third-order valence-electron chi connectivity index (χ3n) is 3.10. The van der Waals surface area contributed by atoms with Crippen LogP contribution < -0.4 is 10.5 Å². The van der Waals surface area contributed by atoms with E-state index in [2.05, 4.69) is 4.72 Å². The van der Waals surface area contributed by atoms with Gasteiger partial charge in [0.1, 0.15) is 4.90 Å². The molecule has 0 bridgehead atoms. The summed E-state index contributed by atoms with van der Waals surface area (Å²) in [7, 11) is 0.0604. The fourth-order valence-corrected chi connectivity index (χ4v) is 3.39. The predicted octanol–water partition coefficient (Wildman–Crippen LogP) is 1.00. The van der Waals surface area contributed by atoms with Gasteiger partial charge in [-0.25, -0.2) is 13.1 Å². The van der Waals surface area contributed by atoms with E-state index in [1.54, 1.807) is 0 Å². The Kier molecular flexibility index (Phi) is 5.72. The Balaban J connectivity index is 3.08. The summed E-state index contributed by atoms with van der Waals surface area (Å²) in [5, 5.41) is 8.80. The second-order valence-electron chi connectivity index (χ2n) is 5.60. The van der Waals surface area contributed by atoms with Crippen LogP contribution in [0.1, 0.15) is 19.4 Å². The first kappa shape index (κ1) is 17.4. The molecule has 1 rings (SSSR count). The molecule has 21 heavy (non-hydrogen) atoms. The molecule has 1 aromatic rings. The molecule has 0 aromatic heterocycles. The number of likely N-dealkylation sites (N-methyl/N-ethyl adjacent to an activating group) is 1. The van der Waals surface area contributed by atoms with E-state index in [1.165, 1.54) is 18.2 Å². The summed E-state index contributed by atoms with van der Waals surface area (Å²) in [6.07, 6.45) is 0. The van der Waals surface area contributed by atoms with Crippen molar-refractivity contribution in [3.63, 3.8) is 0 Å². The van der Waals surface area contributed by atoms with Crippen LogP contribution in [0.2, 0.25) is 0 Å². The van der Waals surface area contributed by atoms with Crippen molar-refractivity contribution in [2.75, 3.05) is 26.4 Å². The molecule has 0 aliphatic carbocycles. The van der Waals surface area contributed by atoms with Gasteiger partial charge in [-0.2, -0.15) is 5.26 Å². The fraction of sp³-hybridized carbons (Fsp3) is 0.500. The number of rotatable bonds is 6. The number of benzene rings is 1. The number of sulfonamides is 1. The van der Waals surface area contributed by atoms with Crippen LogP contribution in [0.15, 0.2) is 23.1 Å². The molecule has 0 radical (unpaired) electrons. The van der Waals surface area contributed by atoms with Gasteiger partial charge in [-0.05, 0) is 38.2 Å². The molecular weight excluding hydrogens is 288 g/mol. The van der Waals surface area contributed by atoms with Crippen LogP contribution in [0, 0.1) is 17.2 Å². The summed E-state index contributed by atoms with van der Waals surface area (Å²) < 4.78 is 27.6. The smallest absolute Gasteiger partial charge is 0.242 e. The van der Waals surface area contributed by atoms with Crippen molar-refractivity contribution < 1.29 is 8.42 Å². The van der Waals surface area contributed by atoms with E-state index < -0.39 is 10.0 Å². The standard InChI is InChI=1S/C14H22N4O2S/c1-10(2)13(9-18(3)4)17-21(19,20)14-6-5-11(8-15)7-12(14)16/h5-7,10,13,17H,9,16H2,1-4H3. The summed E-state index contributed by atoms with van der Waals surface area (Å²) in [6.45, 7) is 4.50. The van der Waals surface area contributed by atoms with Crippen LogP contribution in [0.3, 0.4) is 0 Å². The average Bonchev–Trinajstić information content (AvgIpc) is 2.36. The molecule has 0 saturated heterocycles. The molecule has 0 saturated carbocycles. The lowest BCUT2D eigenvalue weighted by Gasteiger charge is -2.25. The number of nitrogens with one attached hydrogen (secondary N) is 1. The van der Waals surface area contributed by atoms with E-state index in [9.17, 15) is 8.42 Å². The van der Waals surface area contributed by atoms with Gasteiger partial charge >= 0.3 is 0 Å². The number of hydrogen-bond acceptors (Lipinski definition) is 5. The molecule has 116 valence electrons. The Morgan fingerprint density at radius 1 is 1.38 bits per heavy atom. The lowest BCUT2D eigenvalue weighted by atomic mass is 10.1. The fourth-order valence-electron chi connectivity index (χ4n) is 1.90. The first-order valence-corrected chi connectivity index (χ1v) is 8.12. The van der Waals surface area contributed by atoms with Crippen LogP contribution >= 0.6 is 0 Å². The van der Waals surface area contributed by atoms with Crippen LogP contribution in [0.5, 0.6) is 0 Å². The van der Waals surface area contributed by atoms with Crippen molar-refractivity contribution in [3.8, 4) is 6.07 Å². The number of nitriles is 1. The van der Waals surface area contributed by atoms with Crippen molar-refractivity contribution in [1.82, 2.24) is 9.62 Å². The zero-order valence-corrected chi connectivity index (χ0v) is 13.6. The van der Waals surface area contributed by atoms with Crippen LogP contribution in [-0.4, -0.2) is 40.0 Å². The van der Waals surface area contributed by atoms with E-state index in [0.717, 1.165) is 0 Å². The minimum Gasteiger partial charge on any atom is -0.398 e. The van der Waals surface area contributed by atoms with Crippen molar-refractivity contribution in [1.29, 1.82) is 5.26 Å². The first-order chi connectivity index (χ1) is 9.67. The van der Waals surface area contributed by atoms with Gasteiger partial charge < -0.3 is 10.6 Å². The summed E-state index contributed by atoms with van der Waals surface area (Å²) >= 11 is 0. The highest BCUT2D eigenvalue weighted by Crippen LogP contribution is 2.20. The molecular formula is C14H22N4O2S. The monoisotopic (exact) mass is 310 g/mol. The van der Waals surface area contributed by atoms with Crippen molar-refractivity contribution in [2.24, 2.45) is 5.92 Å². The van der Waals surface area contributed by atoms with Crippen LogP contribution in [-0.2, 0) is 10.0 Å². The molecule has 0 fully saturated rings. The zero-order valence-electron chi connectivity index (χ0n) is 12.8. The van der Waals surface area contributed by atoms with E-state index in [0.29, 0.717) is 12.1 Å². The maximum absolute atomic E-state index is 12.5. The lowest BCUT2D eigenvalue weighted by molar-refractivity contribution is 0.314. The summed E-state index contributed by atoms with van der Waals surface area (Å²) in [4.78, 5) is 1.93. The molecule has 3 N–H and O–H groups in total. The van der Waals surface area contributed by atoms with E-state index in [4.69, 9.17) is 11.0 Å². The third kappa shape index (κ3) is 4.70. The third-order valence-corrected chi connectivity index (χ3v) is 4.67. The summed E-state index contributed by atoms with van der Waals surface area (Å²) in [5.74, 6) is 0.141. The van der Waals surface area contributed by atoms with Crippen molar-refractivity contribution in [3.05, 3.63) is 23.8 Å². The maximum Gasteiger partial charge on any atom is 0.242 e. The van der Waals surface area contributed by atoms with Gasteiger partial charge in [0.2, 0.25) is 10.0 Å². The van der Waals surface area contributed by atoms with Crippen LogP contribution in [0.4, 0.5) is 5.69 Å². The Hall–Kier alpha value is -1.62. The summed E-state index contributed by atoms with van der Waals surface area (Å²) in [6, 6.07) is 5.88. The number of hydrogen-bond donors (Lipinski definition) is 2. The SMILES string of the molecule is CC(C)C(CN(C)C)NS(=O)(=O)c1ccc(C#N)cc1N. The highest BCUT2D eigenvalue weighted by atomic mass is 32.2. The van der Waals surface area contributed by atoms with Gasteiger partial charge in [0.05, 0.1) is 17.3 Å². The molecule has 0 heterocycles. The molecule has 0 amide bonds. The van der Waals surface area contributed by atoms with Gasteiger partial charge in [-0.15, -0.1) is 0 Å². The number of nitrogens with zero attached hydrogens (tertiary/aromatic N) is 2. The van der Waals surface area contributed by atoms with E-state index >= 15 is 0 Å². The van der Waals surface area contributed by atoms with E-state index in [1.807, 2.05) is 38.9 Å². The number of nitrogens with two attached hydrogens (primary N) is 1. The normalized spacial score (nSPS) is 13.4. The van der Waals surface area contributed by atoms with Gasteiger partial charge in [0, 0.05) is 12.6 Å². The molecule has 7 heteroatoms. The number of nitrogen functional groups attached to an aromatic ring is 1. The Labute approximate surface area is 126 Å². The van der Waals surface area contributed by atoms with Crippen molar-refractivity contribution in [2.45, 2.75) is 24.8 Å². The lowest BCUT2D eigenvalue weighted by Crippen LogP contribution is -2.45. The van der Waals surface area contributed by atoms with Crippen LogP contribution in [0.25, 0.3) is 0 Å². The topological polar surface area (TPSA) is 99.2 Å². The van der Waals surface area contributed by atoms with Gasteiger partial charge in [-0.3, -0.25) is 0 Å². The first-order valence-electron chi connectivity index (χ1n) is 6.64. The minimum atomic E-state index is -3.72. The molecule has 0 spiro atoms. The second kappa shape index (κ2) is 6.89. The molecule has 0 aliphatic heterocycles. The second-order valence-corrected chi connectivity index (χ2v) is 7.28. The zero-order chi connectivity index (χ0) is 16.2. The quantitative estimate of drug-likeness (QED) is 0.764. The largest absolute Gasteiger partial charge is 0.398 e.